The van der Waals surface area contributed by atoms with Crippen LogP contribution in [0.4, 0.5) is 13.2 Å². The summed E-state index contributed by atoms with van der Waals surface area (Å²) in [5, 5.41) is 0. The van der Waals surface area contributed by atoms with Crippen LogP contribution in [0, 0.1) is 0 Å². The molecule has 8 heteroatoms. The van der Waals surface area contributed by atoms with Gasteiger partial charge in [0.2, 0.25) is 0 Å². The molecule has 0 saturated heterocycles. The van der Waals surface area contributed by atoms with Crippen molar-refractivity contribution in [3.05, 3.63) is 42.7 Å². The maximum atomic E-state index is 12.5. The van der Waals surface area contributed by atoms with Gasteiger partial charge in [0.1, 0.15) is 5.75 Å². The van der Waals surface area contributed by atoms with Crippen molar-refractivity contribution in [3.8, 4) is 5.75 Å². The number of alkyl halides is 3. The number of hydrogen-bond donors (Lipinski definition) is 1. The van der Waals surface area contributed by atoms with Gasteiger partial charge in [-0.1, -0.05) is 18.7 Å². The Morgan fingerprint density at radius 3 is 2.47 bits per heavy atom. The minimum absolute atomic E-state index is 0.608. The van der Waals surface area contributed by atoms with Crippen LogP contribution < -0.4 is 4.52 Å². The van der Waals surface area contributed by atoms with Gasteiger partial charge in [-0.25, -0.2) is 4.57 Å². The maximum Gasteiger partial charge on any atom is 0.584 e. The summed E-state index contributed by atoms with van der Waals surface area (Å²) < 4.78 is 57.0. The van der Waals surface area contributed by atoms with Crippen LogP contribution >= 0.6 is 7.82 Å². The molecule has 0 aliphatic heterocycles. The first kappa shape index (κ1) is 13.6. The lowest BCUT2D eigenvalue weighted by molar-refractivity contribution is -0.138. The summed E-state index contributed by atoms with van der Waals surface area (Å²) in [6, 6.07) is 4.01. The fourth-order valence-electron chi connectivity index (χ4n) is 1.02. The SMILES string of the molecule is C=COP(=O)(O)Oc1ccccc1C(F)(F)F. The number of rotatable bonds is 4. The molecule has 0 spiro atoms. The molecule has 1 unspecified atom stereocenters. The maximum absolute atomic E-state index is 12.5. The van der Waals surface area contributed by atoms with Gasteiger partial charge in [0, 0.05) is 0 Å². The summed E-state index contributed by atoms with van der Waals surface area (Å²) in [5.41, 5.74) is -1.16. The van der Waals surface area contributed by atoms with Gasteiger partial charge >= 0.3 is 14.0 Å². The van der Waals surface area contributed by atoms with E-state index in [0.29, 0.717) is 6.26 Å². The minimum Gasteiger partial charge on any atom is -0.404 e. The van der Waals surface area contributed by atoms with Crippen molar-refractivity contribution >= 4 is 7.82 Å². The number of hydrogen-bond acceptors (Lipinski definition) is 3. The average Bonchev–Trinajstić information content (AvgIpc) is 2.15. The van der Waals surface area contributed by atoms with E-state index < -0.39 is 25.3 Å². The van der Waals surface area contributed by atoms with Gasteiger partial charge in [0.15, 0.2) is 0 Å². The number of para-hydroxylation sites is 1. The molecule has 0 saturated carbocycles. The van der Waals surface area contributed by atoms with Crippen molar-refractivity contribution in [2.45, 2.75) is 6.18 Å². The third-order valence-electron chi connectivity index (χ3n) is 1.61. The van der Waals surface area contributed by atoms with Crippen molar-refractivity contribution in [3.63, 3.8) is 0 Å². The Hall–Kier alpha value is -1.46. The Morgan fingerprint density at radius 2 is 1.94 bits per heavy atom. The molecular weight excluding hydrogens is 260 g/mol. The Kier molecular flexibility index (Phi) is 3.85. The van der Waals surface area contributed by atoms with Gasteiger partial charge in [0.05, 0.1) is 11.8 Å². The highest BCUT2D eigenvalue weighted by molar-refractivity contribution is 7.47. The second kappa shape index (κ2) is 4.81. The van der Waals surface area contributed by atoms with Crippen LogP contribution in [0.1, 0.15) is 5.56 Å². The monoisotopic (exact) mass is 268 g/mol. The molecule has 1 aromatic carbocycles. The Morgan fingerprint density at radius 1 is 1.35 bits per heavy atom. The molecule has 0 heterocycles. The molecule has 4 nitrogen and oxygen atoms in total. The molecule has 0 radical (unpaired) electrons. The standard InChI is InChI=1S/C9H8F3O4P/c1-2-15-17(13,14)16-8-6-4-3-5-7(8)9(10,11)12/h2-6H,1H2,(H,13,14). The van der Waals surface area contributed by atoms with E-state index in [2.05, 4.69) is 15.6 Å². The Bertz CT molecular complexity index is 458. The molecule has 0 amide bonds. The van der Waals surface area contributed by atoms with E-state index in [1.165, 1.54) is 6.07 Å². The molecule has 1 atom stereocenters. The fourth-order valence-corrected chi connectivity index (χ4v) is 1.66. The predicted octanol–water partition coefficient (Wildman–Crippen LogP) is 3.34. The van der Waals surface area contributed by atoms with Crippen LogP contribution in [0.15, 0.2) is 37.1 Å². The Labute approximate surface area is 94.9 Å². The molecule has 1 N–H and O–H groups in total. The molecule has 0 bridgehead atoms. The van der Waals surface area contributed by atoms with Crippen molar-refractivity contribution in [2.24, 2.45) is 0 Å². The predicted molar refractivity (Wildman–Crippen MR) is 53.2 cm³/mol. The second-order valence-corrected chi connectivity index (χ2v) is 4.16. The van der Waals surface area contributed by atoms with E-state index in [4.69, 9.17) is 4.89 Å². The van der Waals surface area contributed by atoms with Crippen LogP contribution in [-0.2, 0) is 15.3 Å². The largest absolute Gasteiger partial charge is 0.584 e. The summed E-state index contributed by atoms with van der Waals surface area (Å²) in [6.07, 6.45) is -4.08. The highest BCUT2D eigenvalue weighted by Crippen LogP contribution is 2.47. The summed E-state index contributed by atoms with van der Waals surface area (Å²) in [7, 11) is -4.63. The van der Waals surface area contributed by atoms with Gasteiger partial charge in [-0.2, -0.15) is 13.2 Å². The normalized spacial score (nSPS) is 14.8. The van der Waals surface area contributed by atoms with E-state index in [1.807, 2.05) is 0 Å². The van der Waals surface area contributed by atoms with E-state index in [9.17, 15) is 17.7 Å². The molecule has 94 valence electrons. The van der Waals surface area contributed by atoms with Gasteiger partial charge < -0.3 is 9.05 Å². The lowest BCUT2D eigenvalue weighted by Gasteiger charge is -2.15. The summed E-state index contributed by atoms with van der Waals surface area (Å²) in [5.74, 6) is -0.785. The van der Waals surface area contributed by atoms with E-state index >= 15 is 0 Å². The summed E-state index contributed by atoms with van der Waals surface area (Å²) in [4.78, 5) is 9.03. The molecule has 17 heavy (non-hydrogen) atoms. The van der Waals surface area contributed by atoms with Crippen LogP contribution in [0.25, 0.3) is 0 Å². The molecular formula is C9H8F3O4P. The van der Waals surface area contributed by atoms with Crippen molar-refractivity contribution in [2.75, 3.05) is 0 Å². The van der Waals surface area contributed by atoms with E-state index in [1.54, 1.807) is 0 Å². The second-order valence-electron chi connectivity index (χ2n) is 2.83. The smallest absolute Gasteiger partial charge is 0.404 e. The zero-order valence-corrected chi connectivity index (χ0v) is 9.24. The first-order chi connectivity index (χ1) is 7.76. The minimum atomic E-state index is -4.69. The van der Waals surface area contributed by atoms with Crippen LogP contribution in [0.3, 0.4) is 0 Å². The van der Waals surface area contributed by atoms with Gasteiger partial charge in [-0.05, 0) is 12.1 Å². The van der Waals surface area contributed by atoms with Gasteiger partial charge in [0.25, 0.3) is 0 Å². The lowest BCUT2D eigenvalue weighted by atomic mass is 10.2. The van der Waals surface area contributed by atoms with Crippen LogP contribution in [0.2, 0.25) is 0 Å². The molecule has 1 aromatic rings. The Balaban J connectivity index is 3.07. The number of benzene rings is 1. The van der Waals surface area contributed by atoms with E-state index in [-0.39, 0.29) is 0 Å². The quantitative estimate of drug-likeness (QED) is 0.672. The molecule has 0 aromatic heterocycles. The fraction of sp³-hybridized carbons (Fsp3) is 0.111. The number of halogens is 3. The molecule has 0 fully saturated rings. The third-order valence-corrected chi connectivity index (χ3v) is 2.46. The zero-order chi connectivity index (χ0) is 13.1. The number of phosphoric ester groups is 1. The third kappa shape index (κ3) is 3.80. The molecule has 0 aliphatic rings. The number of phosphoric acid groups is 1. The highest BCUT2D eigenvalue weighted by atomic mass is 31.2. The van der Waals surface area contributed by atoms with Crippen molar-refractivity contribution < 1.29 is 31.7 Å². The first-order valence-corrected chi connectivity index (χ1v) is 5.74. The van der Waals surface area contributed by atoms with E-state index in [0.717, 1.165) is 18.2 Å². The summed E-state index contributed by atoms with van der Waals surface area (Å²) >= 11 is 0. The summed E-state index contributed by atoms with van der Waals surface area (Å²) in [6.45, 7) is 3.00. The van der Waals surface area contributed by atoms with Crippen molar-refractivity contribution in [1.29, 1.82) is 0 Å². The highest BCUT2D eigenvalue weighted by Gasteiger charge is 2.36. The molecule has 0 aliphatic carbocycles. The van der Waals surface area contributed by atoms with Crippen molar-refractivity contribution in [1.82, 2.24) is 0 Å². The van der Waals surface area contributed by atoms with Crippen LogP contribution in [0.5, 0.6) is 5.75 Å². The van der Waals surface area contributed by atoms with Crippen LogP contribution in [-0.4, -0.2) is 4.89 Å². The topological polar surface area (TPSA) is 55.8 Å². The molecule has 1 rings (SSSR count). The van der Waals surface area contributed by atoms with Gasteiger partial charge in [-0.3, -0.25) is 4.89 Å². The lowest BCUT2D eigenvalue weighted by Crippen LogP contribution is -2.07. The zero-order valence-electron chi connectivity index (χ0n) is 8.35. The van der Waals surface area contributed by atoms with Gasteiger partial charge in [-0.15, -0.1) is 0 Å². The average molecular weight is 268 g/mol. The first-order valence-electron chi connectivity index (χ1n) is 4.24.